The first-order valence-electron chi connectivity index (χ1n) is 3.36. The first-order valence-corrected chi connectivity index (χ1v) is 4.68. The van der Waals surface area contributed by atoms with Crippen LogP contribution < -0.4 is 0 Å². The minimum Gasteiger partial charge on any atom is -0.384 e. The summed E-state index contributed by atoms with van der Waals surface area (Å²) in [5, 5.41) is 0. The molecule has 10 heavy (non-hydrogen) atoms. The predicted molar refractivity (Wildman–Crippen MR) is 44.6 cm³/mol. The lowest BCUT2D eigenvalue weighted by Crippen LogP contribution is -2.25. The van der Waals surface area contributed by atoms with Crippen LogP contribution >= 0.6 is 0 Å². The van der Waals surface area contributed by atoms with Crippen LogP contribution in [-0.2, 0) is 15.5 Å². The van der Waals surface area contributed by atoms with Crippen LogP contribution in [0.25, 0.3) is 0 Å². The fourth-order valence-electron chi connectivity index (χ4n) is 0.465. The minimum atomic E-state index is -0.762. The van der Waals surface area contributed by atoms with Gasteiger partial charge >= 0.3 is 0 Å². The van der Waals surface area contributed by atoms with Crippen LogP contribution in [0.3, 0.4) is 0 Å². The Balaban J connectivity index is 3.64. The molecule has 0 heterocycles. The highest BCUT2D eigenvalue weighted by Gasteiger charge is 2.18. The van der Waals surface area contributed by atoms with Crippen LogP contribution in [0.5, 0.6) is 0 Å². The Labute approximate surface area is 65.4 Å². The molecule has 1 atom stereocenters. The molecule has 0 saturated carbocycles. The van der Waals surface area contributed by atoms with E-state index in [4.69, 9.17) is 4.74 Å². The fraction of sp³-hybridized carbons (Fsp3) is 1.00. The van der Waals surface area contributed by atoms with Crippen LogP contribution in [0.15, 0.2) is 0 Å². The average Bonchev–Trinajstić information content (AvgIpc) is 1.80. The van der Waals surface area contributed by atoms with Gasteiger partial charge in [-0.2, -0.15) is 0 Å². The third-order valence-corrected chi connectivity index (χ3v) is 3.06. The lowest BCUT2D eigenvalue weighted by molar-refractivity contribution is 0.217. The van der Waals surface area contributed by atoms with Crippen molar-refractivity contribution in [2.45, 2.75) is 25.5 Å². The molecule has 0 aliphatic rings. The molecule has 0 spiro atoms. The Hall–Kier alpha value is 0.110. The Kier molecular flexibility index (Phi) is 4.13. The zero-order valence-corrected chi connectivity index (χ0v) is 7.96. The van der Waals surface area contributed by atoms with Gasteiger partial charge in [0.15, 0.2) is 0 Å². The molecule has 0 aromatic heterocycles. The van der Waals surface area contributed by atoms with Crippen molar-refractivity contribution in [2.24, 2.45) is 0 Å². The molecule has 0 aromatic rings. The van der Waals surface area contributed by atoms with Crippen molar-refractivity contribution in [3.63, 3.8) is 0 Å². The highest BCUT2D eigenvalue weighted by atomic mass is 32.2. The molecular weight excluding hydrogens is 148 g/mol. The number of hydrogen-bond donors (Lipinski definition) is 0. The standard InChI is InChI=1S/C7H16O2S/c1-7(2,3)10(8)6-5-9-4/h5-6H2,1-4H3. The monoisotopic (exact) mass is 164 g/mol. The Morgan fingerprint density at radius 2 is 1.90 bits per heavy atom. The van der Waals surface area contributed by atoms with Crippen molar-refractivity contribution < 1.29 is 8.95 Å². The maximum atomic E-state index is 11.3. The Morgan fingerprint density at radius 1 is 1.40 bits per heavy atom. The molecule has 0 rings (SSSR count). The second-order valence-corrected chi connectivity index (χ2v) is 5.48. The molecule has 0 bridgehead atoms. The molecule has 0 radical (unpaired) electrons. The van der Waals surface area contributed by atoms with Gasteiger partial charge in [0, 0.05) is 28.4 Å². The van der Waals surface area contributed by atoms with E-state index in [1.807, 2.05) is 20.8 Å². The number of methoxy groups -OCH3 is 1. The van der Waals surface area contributed by atoms with Gasteiger partial charge in [-0.25, -0.2) is 0 Å². The van der Waals surface area contributed by atoms with E-state index in [0.29, 0.717) is 12.4 Å². The van der Waals surface area contributed by atoms with Crippen molar-refractivity contribution in [2.75, 3.05) is 19.5 Å². The normalized spacial score (nSPS) is 15.2. The zero-order chi connectivity index (χ0) is 8.20. The maximum absolute atomic E-state index is 11.3. The molecule has 1 unspecified atom stereocenters. The molecule has 0 aromatic carbocycles. The third kappa shape index (κ3) is 4.01. The van der Waals surface area contributed by atoms with E-state index in [1.165, 1.54) is 0 Å². The maximum Gasteiger partial charge on any atom is 0.0577 e. The van der Waals surface area contributed by atoms with Crippen molar-refractivity contribution >= 4 is 10.8 Å². The van der Waals surface area contributed by atoms with Gasteiger partial charge in [0.25, 0.3) is 0 Å². The van der Waals surface area contributed by atoms with Gasteiger partial charge in [-0.3, -0.25) is 4.21 Å². The van der Waals surface area contributed by atoms with E-state index in [9.17, 15) is 4.21 Å². The molecule has 0 aliphatic heterocycles. The highest BCUT2D eigenvalue weighted by Crippen LogP contribution is 2.10. The summed E-state index contributed by atoms with van der Waals surface area (Å²) >= 11 is 0. The minimum absolute atomic E-state index is 0.0987. The summed E-state index contributed by atoms with van der Waals surface area (Å²) in [6, 6.07) is 0. The highest BCUT2D eigenvalue weighted by molar-refractivity contribution is 7.86. The first kappa shape index (κ1) is 10.1. The molecule has 0 fully saturated rings. The topological polar surface area (TPSA) is 26.3 Å². The van der Waals surface area contributed by atoms with Gasteiger partial charge in [-0.05, 0) is 20.8 Å². The summed E-state index contributed by atoms with van der Waals surface area (Å²) < 4.78 is 16.0. The largest absolute Gasteiger partial charge is 0.384 e. The van der Waals surface area contributed by atoms with E-state index in [2.05, 4.69) is 0 Å². The van der Waals surface area contributed by atoms with Gasteiger partial charge in [0.1, 0.15) is 0 Å². The molecule has 2 nitrogen and oxygen atoms in total. The SMILES string of the molecule is COCCS(=O)C(C)(C)C. The van der Waals surface area contributed by atoms with Gasteiger partial charge in [-0.15, -0.1) is 0 Å². The Bertz CT molecular complexity index is 115. The van der Waals surface area contributed by atoms with Crippen molar-refractivity contribution in [3.05, 3.63) is 0 Å². The third-order valence-electron chi connectivity index (χ3n) is 1.16. The molecule has 0 saturated heterocycles. The molecular formula is C7H16O2S. The smallest absolute Gasteiger partial charge is 0.0577 e. The molecule has 0 N–H and O–H groups in total. The molecule has 0 amide bonds. The van der Waals surface area contributed by atoms with Crippen LogP contribution in [0.1, 0.15) is 20.8 Å². The van der Waals surface area contributed by atoms with E-state index in [1.54, 1.807) is 7.11 Å². The average molecular weight is 164 g/mol. The van der Waals surface area contributed by atoms with E-state index in [-0.39, 0.29) is 4.75 Å². The summed E-state index contributed by atoms with van der Waals surface area (Å²) in [5.74, 6) is 0.639. The summed E-state index contributed by atoms with van der Waals surface area (Å²) in [4.78, 5) is 0. The summed E-state index contributed by atoms with van der Waals surface area (Å²) in [6.07, 6.45) is 0. The van der Waals surface area contributed by atoms with Gasteiger partial charge in [0.05, 0.1) is 6.61 Å². The van der Waals surface area contributed by atoms with E-state index < -0.39 is 10.8 Å². The fourth-order valence-corrected chi connectivity index (χ4v) is 1.40. The molecule has 62 valence electrons. The van der Waals surface area contributed by atoms with Crippen LogP contribution in [0.4, 0.5) is 0 Å². The lowest BCUT2D eigenvalue weighted by atomic mass is 10.3. The van der Waals surface area contributed by atoms with Crippen molar-refractivity contribution in [1.82, 2.24) is 0 Å². The Morgan fingerprint density at radius 3 is 2.20 bits per heavy atom. The summed E-state index contributed by atoms with van der Waals surface area (Å²) in [7, 11) is 0.863. The molecule has 0 aliphatic carbocycles. The number of rotatable bonds is 3. The number of hydrogen-bond acceptors (Lipinski definition) is 2. The second-order valence-electron chi connectivity index (χ2n) is 3.15. The van der Waals surface area contributed by atoms with E-state index >= 15 is 0 Å². The number of ether oxygens (including phenoxy) is 1. The predicted octanol–water partition coefficient (Wildman–Crippen LogP) is 1.18. The molecule has 3 heteroatoms. The summed E-state index contributed by atoms with van der Waals surface area (Å²) in [5.41, 5.74) is 0. The van der Waals surface area contributed by atoms with Crippen molar-refractivity contribution in [3.8, 4) is 0 Å². The van der Waals surface area contributed by atoms with Crippen LogP contribution in [-0.4, -0.2) is 28.4 Å². The quantitative estimate of drug-likeness (QED) is 0.626. The van der Waals surface area contributed by atoms with Gasteiger partial charge in [-0.1, -0.05) is 0 Å². The van der Waals surface area contributed by atoms with Gasteiger partial charge in [0.2, 0.25) is 0 Å². The van der Waals surface area contributed by atoms with Crippen molar-refractivity contribution in [1.29, 1.82) is 0 Å². The lowest BCUT2D eigenvalue weighted by Gasteiger charge is -2.16. The summed E-state index contributed by atoms with van der Waals surface area (Å²) in [6.45, 7) is 6.50. The van der Waals surface area contributed by atoms with Crippen LogP contribution in [0.2, 0.25) is 0 Å². The van der Waals surface area contributed by atoms with E-state index in [0.717, 1.165) is 0 Å². The van der Waals surface area contributed by atoms with Crippen LogP contribution in [0, 0.1) is 0 Å². The van der Waals surface area contributed by atoms with Gasteiger partial charge < -0.3 is 4.74 Å². The first-order chi connectivity index (χ1) is 4.48. The zero-order valence-electron chi connectivity index (χ0n) is 7.14. The second kappa shape index (κ2) is 4.09.